The Hall–Kier alpha value is -2.93. The normalized spacial score (nSPS) is 14.3. The Labute approximate surface area is 167 Å². The number of carbonyl (C=O) groups is 2. The van der Waals surface area contributed by atoms with Gasteiger partial charge in [-0.15, -0.1) is 11.3 Å². The zero-order valence-corrected chi connectivity index (χ0v) is 16.4. The zero-order valence-electron chi connectivity index (χ0n) is 15.6. The molecule has 1 aromatic carbocycles. The first-order valence-electron chi connectivity index (χ1n) is 9.24. The second kappa shape index (κ2) is 7.98. The van der Waals surface area contributed by atoms with Crippen LogP contribution in [-0.4, -0.2) is 52.8 Å². The highest BCUT2D eigenvalue weighted by Gasteiger charge is 2.26. The molecule has 3 aromatic rings. The van der Waals surface area contributed by atoms with Gasteiger partial charge in [-0.05, 0) is 19.1 Å². The van der Waals surface area contributed by atoms with Crippen molar-refractivity contribution in [2.75, 3.05) is 26.2 Å². The Bertz CT molecular complexity index is 958. The molecule has 0 atom stereocenters. The van der Waals surface area contributed by atoms with Gasteiger partial charge < -0.3 is 14.2 Å². The minimum absolute atomic E-state index is 0.0801. The number of piperazine rings is 1. The van der Waals surface area contributed by atoms with Crippen molar-refractivity contribution in [3.8, 4) is 10.6 Å². The number of rotatable bonds is 4. The predicted molar refractivity (Wildman–Crippen MR) is 107 cm³/mol. The van der Waals surface area contributed by atoms with Crippen molar-refractivity contribution in [3.05, 3.63) is 65.1 Å². The highest BCUT2D eigenvalue weighted by atomic mass is 32.1. The Kier molecular flexibility index (Phi) is 5.25. The monoisotopic (exact) mass is 395 g/mol. The molecule has 7 heteroatoms. The van der Waals surface area contributed by atoms with Gasteiger partial charge >= 0.3 is 0 Å². The van der Waals surface area contributed by atoms with Crippen molar-refractivity contribution in [2.24, 2.45) is 0 Å². The van der Waals surface area contributed by atoms with Gasteiger partial charge in [0.1, 0.15) is 5.01 Å². The third-order valence-electron chi connectivity index (χ3n) is 4.88. The van der Waals surface area contributed by atoms with E-state index in [1.54, 1.807) is 28.4 Å². The number of furan rings is 1. The van der Waals surface area contributed by atoms with Gasteiger partial charge in [0.25, 0.3) is 5.91 Å². The van der Waals surface area contributed by atoms with Gasteiger partial charge in [-0.3, -0.25) is 9.59 Å². The van der Waals surface area contributed by atoms with Crippen molar-refractivity contribution < 1.29 is 14.0 Å². The number of nitrogens with zero attached hydrogens (tertiary/aromatic N) is 3. The van der Waals surface area contributed by atoms with Gasteiger partial charge in [0.15, 0.2) is 5.76 Å². The fourth-order valence-corrected chi connectivity index (χ4v) is 4.32. The number of amides is 2. The molecule has 0 radical (unpaired) electrons. The standard InChI is InChI=1S/C21H21N3O3S/c1-15-18(28-20(22-15)16-6-3-2-4-7-16)14-19(25)23-9-11-24(12-10-23)21(26)17-8-5-13-27-17/h2-8,13H,9-12,14H2,1H3. The maximum absolute atomic E-state index is 12.8. The maximum Gasteiger partial charge on any atom is 0.289 e. The molecule has 2 amide bonds. The number of carbonyl (C=O) groups excluding carboxylic acids is 2. The lowest BCUT2D eigenvalue weighted by Crippen LogP contribution is -2.50. The van der Waals surface area contributed by atoms with E-state index < -0.39 is 0 Å². The molecule has 2 aromatic heterocycles. The summed E-state index contributed by atoms with van der Waals surface area (Å²) in [5.74, 6) is 0.299. The molecule has 1 saturated heterocycles. The maximum atomic E-state index is 12.8. The minimum Gasteiger partial charge on any atom is -0.459 e. The Balaban J connectivity index is 1.36. The van der Waals surface area contributed by atoms with Gasteiger partial charge in [0, 0.05) is 36.6 Å². The summed E-state index contributed by atoms with van der Waals surface area (Å²) >= 11 is 1.57. The van der Waals surface area contributed by atoms with E-state index in [-0.39, 0.29) is 11.8 Å². The topological polar surface area (TPSA) is 66.7 Å². The lowest BCUT2D eigenvalue weighted by Gasteiger charge is -2.34. The van der Waals surface area contributed by atoms with Gasteiger partial charge in [-0.1, -0.05) is 30.3 Å². The molecule has 0 saturated carbocycles. The van der Waals surface area contributed by atoms with Crippen molar-refractivity contribution in [3.63, 3.8) is 0 Å². The highest BCUT2D eigenvalue weighted by Crippen LogP contribution is 2.28. The summed E-state index contributed by atoms with van der Waals surface area (Å²) in [7, 11) is 0. The SMILES string of the molecule is Cc1nc(-c2ccccc2)sc1CC(=O)N1CCN(C(=O)c2ccco2)CC1. The van der Waals surface area contributed by atoms with E-state index in [9.17, 15) is 9.59 Å². The van der Waals surface area contributed by atoms with Crippen LogP contribution in [0.5, 0.6) is 0 Å². The third kappa shape index (κ3) is 3.84. The van der Waals surface area contributed by atoms with Crippen LogP contribution in [0.25, 0.3) is 10.6 Å². The van der Waals surface area contributed by atoms with E-state index >= 15 is 0 Å². The second-order valence-corrected chi connectivity index (χ2v) is 7.80. The summed E-state index contributed by atoms with van der Waals surface area (Å²) in [5.41, 5.74) is 1.98. The number of hydrogen-bond donors (Lipinski definition) is 0. The predicted octanol–water partition coefficient (Wildman–Crippen LogP) is 3.24. The fraction of sp³-hybridized carbons (Fsp3) is 0.286. The van der Waals surface area contributed by atoms with Crippen LogP contribution >= 0.6 is 11.3 Å². The Morgan fingerprint density at radius 3 is 2.43 bits per heavy atom. The summed E-state index contributed by atoms with van der Waals surface area (Å²) < 4.78 is 5.18. The molecule has 6 nitrogen and oxygen atoms in total. The molecule has 1 fully saturated rings. The summed E-state index contributed by atoms with van der Waals surface area (Å²) in [4.78, 5) is 34.3. The largest absolute Gasteiger partial charge is 0.459 e. The van der Waals surface area contributed by atoms with Crippen LogP contribution in [0.4, 0.5) is 0 Å². The molecule has 144 valence electrons. The van der Waals surface area contributed by atoms with Crippen LogP contribution in [0, 0.1) is 6.92 Å². The van der Waals surface area contributed by atoms with E-state index in [4.69, 9.17) is 4.42 Å². The number of aryl methyl sites for hydroxylation is 1. The molecule has 1 aliphatic heterocycles. The average molecular weight is 395 g/mol. The fourth-order valence-electron chi connectivity index (χ4n) is 3.26. The number of hydrogen-bond acceptors (Lipinski definition) is 5. The smallest absolute Gasteiger partial charge is 0.289 e. The van der Waals surface area contributed by atoms with E-state index in [0.29, 0.717) is 38.4 Å². The molecular formula is C21H21N3O3S. The first-order valence-corrected chi connectivity index (χ1v) is 10.1. The van der Waals surface area contributed by atoms with E-state index in [0.717, 1.165) is 21.1 Å². The van der Waals surface area contributed by atoms with Crippen LogP contribution < -0.4 is 0 Å². The highest BCUT2D eigenvalue weighted by molar-refractivity contribution is 7.15. The summed E-state index contributed by atoms with van der Waals surface area (Å²) in [6.07, 6.45) is 1.84. The van der Waals surface area contributed by atoms with E-state index in [2.05, 4.69) is 4.98 Å². The molecular weight excluding hydrogens is 374 g/mol. The number of thiazole rings is 1. The van der Waals surface area contributed by atoms with Gasteiger partial charge in [-0.25, -0.2) is 4.98 Å². The van der Waals surface area contributed by atoms with Gasteiger partial charge in [0.05, 0.1) is 18.4 Å². The molecule has 0 bridgehead atoms. The van der Waals surface area contributed by atoms with Crippen LogP contribution in [0.15, 0.2) is 53.1 Å². The van der Waals surface area contributed by atoms with Crippen molar-refractivity contribution in [1.29, 1.82) is 0 Å². The molecule has 0 unspecified atom stereocenters. The van der Waals surface area contributed by atoms with Gasteiger partial charge in [-0.2, -0.15) is 0 Å². The van der Waals surface area contributed by atoms with Crippen LogP contribution in [0.2, 0.25) is 0 Å². The lowest BCUT2D eigenvalue weighted by atomic mass is 10.2. The van der Waals surface area contributed by atoms with Crippen molar-refractivity contribution in [2.45, 2.75) is 13.3 Å². The summed E-state index contributed by atoms with van der Waals surface area (Å²) in [6, 6.07) is 13.4. The zero-order chi connectivity index (χ0) is 19.5. The molecule has 4 rings (SSSR count). The average Bonchev–Trinajstić information content (AvgIpc) is 3.39. The Morgan fingerprint density at radius 1 is 1.04 bits per heavy atom. The van der Waals surface area contributed by atoms with E-state index in [1.165, 1.54) is 6.26 Å². The molecule has 0 spiro atoms. The van der Waals surface area contributed by atoms with Crippen molar-refractivity contribution in [1.82, 2.24) is 14.8 Å². The second-order valence-electron chi connectivity index (χ2n) is 6.72. The quantitative estimate of drug-likeness (QED) is 0.680. The Morgan fingerprint density at radius 2 is 1.75 bits per heavy atom. The molecule has 1 aliphatic rings. The first-order chi connectivity index (χ1) is 13.6. The third-order valence-corrected chi connectivity index (χ3v) is 6.08. The molecule has 3 heterocycles. The van der Waals surface area contributed by atoms with E-state index in [1.807, 2.05) is 42.2 Å². The number of aromatic nitrogens is 1. The summed E-state index contributed by atoms with van der Waals surface area (Å²) in [6.45, 7) is 4.05. The van der Waals surface area contributed by atoms with Crippen molar-refractivity contribution >= 4 is 23.2 Å². The van der Waals surface area contributed by atoms with Crippen LogP contribution in [0.3, 0.4) is 0 Å². The van der Waals surface area contributed by atoms with Gasteiger partial charge in [0.2, 0.25) is 5.91 Å². The van der Waals surface area contributed by atoms with Crippen LogP contribution in [-0.2, 0) is 11.2 Å². The first kappa shape index (κ1) is 18.4. The minimum atomic E-state index is -0.122. The molecule has 0 N–H and O–H groups in total. The molecule has 0 aliphatic carbocycles. The summed E-state index contributed by atoms with van der Waals surface area (Å²) in [5, 5.41) is 0.940. The lowest BCUT2D eigenvalue weighted by molar-refractivity contribution is -0.131. The van der Waals surface area contributed by atoms with Crippen LogP contribution in [0.1, 0.15) is 21.1 Å². The molecule has 28 heavy (non-hydrogen) atoms. The number of benzene rings is 1.